The lowest BCUT2D eigenvalue weighted by atomic mass is 10.1. The molecular formula is C14H18FN3O4. The van der Waals surface area contributed by atoms with Gasteiger partial charge in [0, 0.05) is 24.5 Å². The van der Waals surface area contributed by atoms with Crippen molar-refractivity contribution in [1.29, 1.82) is 0 Å². The summed E-state index contributed by atoms with van der Waals surface area (Å²) in [5, 5.41) is 25.7. The van der Waals surface area contributed by atoms with Gasteiger partial charge in [0.25, 0.3) is 5.91 Å². The SMILES string of the molecule is CC[N+]1([O-])CCCC1CNC(=O)c1ccc(F)c([N+](=O)[O-])c1. The molecule has 0 bridgehead atoms. The van der Waals surface area contributed by atoms with E-state index in [4.69, 9.17) is 0 Å². The first-order valence-electron chi connectivity index (χ1n) is 7.17. The maximum Gasteiger partial charge on any atom is 0.305 e. The molecule has 0 saturated carbocycles. The maximum absolute atomic E-state index is 13.2. The number of carbonyl (C=O) groups is 1. The number of halogens is 1. The molecule has 1 aromatic rings. The molecule has 0 radical (unpaired) electrons. The Labute approximate surface area is 127 Å². The molecule has 1 heterocycles. The number of nitro groups is 1. The van der Waals surface area contributed by atoms with Crippen LogP contribution in [-0.2, 0) is 0 Å². The van der Waals surface area contributed by atoms with Gasteiger partial charge in [0.2, 0.25) is 5.82 Å². The number of likely N-dealkylation sites (tertiary alicyclic amines) is 1. The van der Waals surface area contributed by atoms with Crippen LogP contribution in [0.5, 0.6) is 0 Å². The molecule has 1 saturated heterocycles. The molecule has 2 atom stereocenters. The monoisotopic (exact) mass is 311 g/mol. The van der Waals surface area contributed by atoms with Crippen LogP contribution in [0.15, 0.2) is 18.2 Å². The first-order valence-corrected chi connectivity index (χ1v) is 7.17. The lowest BCUT2D eigenvalue weighted by Crippen LogP contribution is -2.51. The molecule has 1 amide bonds. The predicted molar refractivity (Wildman–Crippen MR) is 77.4 cm³/mol. The van der Waals surface area contributed by atoms with Crippen molar-refractivity contribution in [3.8, 4) is 0 Å². The van der Waals surface area contributed by atoms with E-state index in [0.29, 0.717) is 13.1 Å². The number of carbonyl (C=O) groups excluding carboxylic acids is 1. The van der Waals surface area contributed by atoms with E-state index in [9.17, 15) is 24.5 Å². The number of benzene rings is 1. The summed E-state index contributed by atoms with van der Waals surface area (Å²) in [5.74, 6) is -1.53. The van der Waals surface area contributed by atoms with Gasteiger partial charge in [-0.2, -0.15) is 4.39 Å². The fourth-order valence-corrected chi connectivity index (χ4v) is 2.80. The van der Waals surface area contributed by atoms with Crippen molar-refractivity contribution in [1.82, 2.24) is 5.32 Å². The standard InChI is InChI=1S/C14H18FN3O4/c1-2-18(22)7-3-4-11(18)9-16-14(19)10-5-6-12(15)13(8-10)17(20)21/h5-6,8,11H,2-4,7,9H2,1H3,(H,16,19). The van der Waals surface area contributed by atoms with Gasteiger partial charge in [-0.1, -0.05) is 0 Å². The maximum atomic E-state index is 13.2. The Bertz CT molecular complexity index is 595. The van der Waals surface area contributed by atoms with Gasteiger partial charge in [0.1, 0.15) is 6.04 Å². The van der Waals surface area contributed by atoms with Gasteiger partial charge in [-0.3, -0.25) is 14.9 Å². The lowest BCUT2D eigenvalue weighted by molar-refractivity contribution is -0.889. The van der Waals surface area contributed by atoms with Crippen LogP contribution >= 0.6 is 0 Å². The molecule has 2 rings (SSSR count). The molecular weight excluding hydrogens is 293 g/mol. The third-order valence-electron chi connectivity index (χ3n) is 4.18. The predicted octanol–water partition coefficient (Wildman–Crippen LogP) is 1.96. The zero-order chi connectivity index (χ0) is 16.3. The molecule has 1 aliphatic rings. The summed E-state index contributed by atoms with van der Waals surface area (Å²) in [6, 6.07) is 2.77. The molecule has 7 nitrogen and oxygen atoms in total. The van der Waals surface area contributed by atoms with E-state index in [2.05, 4.69) is 5.32 Å². The van der Waals surface area contributed by atoms with E-state index < -0.39 is 22.3 Å². The fraction of sp³-hybridized carbons (Fsp3) is 0.500. The number of rotatable bonds is 5. The van der Waals surface area contributed by atoms with Crippen molar-refractivity contribution in [3.63, 3.8) is 0 Å². The van der Waals surface area contributed by atoms with Gasteiger partial charge >= 0.3 is 5.69 Å². The highest BCUT2D eigenvalue weighted by atomic mass is 19.1. The summed E-state index contributed by atoms with van der Waals surface area (Å²) < 4.78 is 12.9. The molecule has 1 N–H and O–H groups in total. The molecule has 0 spiro atoms. The van der Waals surface area contributed by atoms with Crippen molar-refractivity contribution in [2.45, 2.75) is 25.8 Å². The van der Waals surface area contributed by atoms with Gasteiger partial charge in [0.15, 0.2) is 0 Å². The fourth-order valence-electron chi connectivity index (χ4n) is 2.80. The quantitative estimate of drug-likeness (QED) is 0.389. The molecule has 0 aliphatic carbocycles. The number of quaternary nitrogens is 1. The number of nitro benzene ring substituents is 1. The van der Waals surface area contributed by atoms with Crippen LogP contribution in [0.2, 0.25) is 0 Å². The van der Waals surface area contributed by atoms with E-state index in [1.165, 1.54) is 6.07 Å². The Morgan fingerprint density at radius 1 is 1.55 bits per heavy atom. The van der Waals surface area contributed by atoms with Gasteiger partial charge in [-0.05, 0) is 19.1 Å². The number of nitrogens with one attached hydrogen (secondary N) is 1. The summed E-state index contributed by atoms with van der Waals surface area (Å²) >= 11 is 0. The van der Waals surface area contributed by atoms with Gasteiger partial charge < -0.3 is 15.2 Å². The normalized spacial score (nSPS) is 24.2. The number of likely N-dealkylation sites (N-methyl/N-ethyl adjacent to an activating group) is 1. The Balaban J connectivity index is 2.04. The average molecular weight is 311 g/mol. The van der Waals surface area contributed by atoms with Crippen LogP contribution in [0.25, 0.3) is 0 Å². The number of nitrogens with zero attached hydrogens (tertiary/aromatic N) is 2. The van der Waals surface area contributed by atoms with E-state index in [-0.39, 0.29) is 22.8 Å². The minimum Gasteiger partial charge on any atom is -0.633 e. The molecule has 2 unspecified atom stereocenters. The Hall–Kier alpha value is -2.06. The molecule has 120 valence electrons. The largest absolute Gasteiger partial charge is 0.633 e. The summed E-state index contributed by atoms with van der Waals surface area (Å²) in [7, 11) is 0. The molecule has 0 aromatic heterocycles. The molecule has 1 fully saturated rings. The van der Waals surface area contributed by atoms with E-state index in [1.54, 1.807) is 0 Å². The van der Waals surface area contributed by atoms with Crippen LogP contribution in [0, 0.1) is 21.1 Å². The lowest BCUT2D eigenvalue weighted by Gasteiger charge is -2.43. The minimum absolute atomic E-state index is 0.00611. The zero-order valence-corrected chi connectivity index (χ0v) is 12.3. The highest BCUT2D eigenvalue weighted by Crippen LogP contribution is 2.25. The first kappa shape index (κ1) is 16.3. The second-order valence-corrected chi connectivity index (χ2v) is 5.42. The van der Waals surface area contributed by atoms with Gasteiger partial charge in [0.05, 0.1) is 24.6 Å². The number of hydrogen-bond acceptors (Lipinski definition) is 4. The summed E-state index contributed by atoms with van der Waals surface area (Å²) in [6.07, 6.45) is 1.56. The first-order chi connectivity index (χ1) is 10.4. The third-order valence-corrected chi connectivity index (χ3v) is 4.18. The topological polar surface area (TPSA) is 95.3 Å². The van der Waals surface area contributed by atoms with Crippen LogP contribution in [-0.4, -0.2) is 41.2 Å². The van der Waals surface area contributed by atoms with E-state index >= 15 is 0 Å². The van der Waals surface area contributed by atoms with Gasteiger partial charge in [-0.25, -0.2) is 0 Å². The smallest absolute Gasteiger partial charge is 0.305 e. The third kappa shape index (κ3) is 3.23. The second-order valence-electron chi connectivity index (χ2n) is 5.42. The highest BCUT2D eigenvalue weighted by molar-refractivity contribution is 5.94. The van der Waals surface area contributed by atoms with Crippen LogP contribution in [0.3, 0.4) is 0 Å². The average Bonchev–Trinajstić information content (AvgIpc) is 2.86. The van der Waals surface area contributed by atoms with Crippen molar-refractivity contribution in [2.75, 3.05) is 19.6 Å². The van der Waals surface area contributed by atoms with Crippen molar-refractivity contribution in [3.05, 3.63) is 44.9 Å². The minimum atomic E-state index is -0.987. The number of amides is 1. The zero-order valence-electron chi connectivity index (χ0n) is 12.3. The van der Waals surface area contributed by atoms with Crippen molar-refractivity contribution < 1.29 is 18.8 Å². The summed E-state index contributed by atoms with van der Waals surface area (Å²) in [5.41, 5.74) is -0.734. The second kappa shape index (κ2) is 6.37. The number of hydroxylamine groups is 3. The molecule has 22 heavy (non-hydrogen) atoms. The van der Waals surface area contributed by atoms with Crippen LogP contribution in [0.4, 0.5) is 10.1 Å². The molecule has 1 aromatic carbocycles. The summed E-state index contributed by atoms with van der Waals surface area (Å²) in [4.78, 5) is 21.8. The Kier molecular flexibility index (Phi) is 4.72. The summed E-state index contributed by atoms with van der Waals surface area (Å²) in [6.45, 7) is 3.01. The Morgan fingerprint density at radius 3 is 2.91 bits per heavy atom. The van der Waals surface area contributed by atoms with Gasteiger partial charge in [-0.15, -0.1) is 0 Å². The van der Waals surface area contributed by atoms with Crippen molar-refractivity contribution >= 4 is 11.6 Å². The van der Waals surface area contributed by atoms with E-state index in [0.717, 1.165) is 25.0 Å². The molecule has 1 aliphatic heterocycles. The van der Waals surface area contributed by atoms with Crippen LogP contribution in [0.1, 0.15) is 30.1 Å². The number of hydrogen-bond donors (Lipinski definition) is 1. The molecule has 8 heteroatoms. The van der Waals surface area contributed by atoms with Crippen molar-refractivity contribution in [2.24, 2.45) is 0 Å². The highest BCUT2D eigenvalue weighted by Gasteiger charge is 2.33. The van der Waals surface area contributed by atoms with Crippen LogP contribution < -0.4 is 5.32 Å². The Morgan fingerprint density at radius 2 is 2.27 bits per heavy atom. The van der Waals surface area contributed by atoms with E-state index in [1.807, 2.05) is 6.92 Å².